The highest BCUT2D eigenvalue weighted by Crippen LogP contribution is 2.30. The van der Waals surface area contributed by atoms with Gasteiger partial charge in [-0.3, -0.25) is 0 Å². The molecule has 2 amide bonds. The second-order valence-corrected chi connectivity index (χ2v) is 6.75. The standard InChI is InChI=1S/C16H22ClN3O2/c17-12-2-4-14(5-3-12)20-9-6-13(10-20)19-15(21)18-11-16(22)7-1-8-16/h2-5,13,22H,1,6-11H2,(H2,18,19,21). The van der Waals surface area contributed by atoms with Crippen LogP contribution in [0.2, 0.25) is 5.02 Å². The molecule has 0 radical (unpaired) electrons. The molecule has 0 aromatic heterocycles. The van der Waals surface area contributed by atoms with Crippen molar-refractivity contribution in [2.75, 3.05) is 24.5 Å². The number of urea groups is 1. The summed E-state index contributed by atoms with van der Waals surface area (Å²) in [5.74, 6) is 0. The van der Waals surface area contributed by atoms with Crippen LogP contribution in [0.4, 0.5) is 10.5 Å². The maximum atomic E-state index is 11.9. The third-order valence-corrected chi connectivity index (χ3v) is 4.83. The van der Waals surface area contributed by atoms with E-state index >= 15 is 0 Å². The number of benzene rings is 1. The molecule has 5 nitrogen and oxygen atoms in total. The summed E-state index contributed by atoms with van der Waals surface area (Å²) in [6.07, 6.45) is 3.51. The molecule has 6 heteroatoms. The molecule has 1 aliphatic heterocycles. The fourth-order valence-electron chi connectivity index (χ4n) is 3.01. The average Bonchev–Trinajstić information content (AvgIpc) is 2.92. The van der Waals surface area contributed by atoms with E-state index in [9.17, 15) is 9.90 Å². The van der Waals surface area contributed by atoms with E-state index in [4.69, 9.17) is 11.6 Å². The molecule has 120 valence electrons. The van der Waals surface area contributed by atoms with Gasteiger partial charge < -0.3 is 20.6 Å². The lowest BCUT2D eigenvalue weighted by Crippen LogP contribution is -2.51. The van der Waals surface area contributed by atoms with Crippen LogP contribution in [-0.4, -0.2) is 42.4 Å². The van der Waals surface area contributed by atoms with Gasteiger partial charge in [-0.25, -0.2) is 4.79 Å². The first-order chi connectivity index (χ1) is 10.5. The van der Waals surface area contributed by atoms with Crippen molar-refractivity contribution in [1.82, 2.24) is 10.6 Å². The van der Waals surface area contributed by atoms with Crippen molar-refractivity contribution in [3.63, 3.8) is 0 Å². The topological polar surface area (TPSA) is 64.6 Å². The second kappa shape index (κ2) is 6.34. The fourth-order valence-corrected chi connectivity index (χ4v) is 3.13. The van der Waals surface area contributed by atoms with Crippen LogP contribution in [0.15, 0.2) is 24.3 Å². The molecular formula is C16H22ClN3O2. The number of carbonyl (C=O) groups excluding carboxylic acids is 1. The van der Waals surface area contributed by atoms with E-state index in [2.05, 4.69) is 15.5 Å². The zero-order valence-corrected chi connectivity index (χ0v) is 13.3. The molecule has 1 saturated heterocycles. The summed E-state index contributed by atoms with van der Waals surface area (Å²) < 4.78 is 0. The van der Waals surface area contributed by atoms with Gasteiger partial charge in [0.1, 0.15) is 0 Å². The van der Waals surface area contributed by atoms with Crippen molar-refractivity contribution in [2.24, 2.45) is 0 Å². The van der Waals surface area contributed by atoms with Gasteiger partial charge in [0.25, 0.3) is 0 Å². The molecule has 1 aromatic rings. The van der Waals surface area contributed by atoms with Crippen molar-refractivity contribution in [2.45, 2.75) is 37.3 Å². The molecular weight excluding hydrogens is 302 g/mol. The van der Waals surface area contributed by atoms with E-state index < -0.39 is 5.60 Å². The Morgan fingerprint density at radius 3 is 2.73 bits per heavy atom. The second-order valence-electron chi connectivity index (χ2n) is 6.31. The maximum Gasteiger partial charge on any atom is 0.315 e. The van der Waals surface area contributed by atoms with Crippen molar-refractivity contribution in [3.8, 4) is 0 Å². The fraction of sp³-hybridized carbons (Fsp3) is 0.562. The molecule has 3 N–H and O–H groups in total. The van der Waals surface area contributed by atoms with Crippen LogP contribution in [0, 0.1) is 0 Å². The van der Waals surface area contributed by atoms with Crippen molar-refractivity contribution in [3.05, 3.63) is 29.3 Å². The smallest absolute Gasteiger partial charge is 0.315 e. The zero-order valence-electron chi connectivity index (χ0n) is 12.5. The summed E-state index contributed by atoms with van der Waals surface area (Å²) in [6.45, 7) is 2.04. The lowest BCUT2D eigenvalue weighted by molar-refractivity contribution is -0.0290. The Hall–Kier alpha value is -1.46. The minimum absolute atomic E-state index is 0.131. The van der Waals surface area contributed by atoms with Crippen molar-refractivity contribution < 1.29 is 9.90 Å². The number of aliphatic hydroxyl groups is 1. The van der Waals surface area contributed by atoms with Crippen LogP contribution >= 0.6 is 11.6 Å². The Balaban J connectivity index is 1.44. The normalized spacial score (nSPS) is 23.0. The Bertz CT molecular complexity index is 531. The molecule has 0 bridgehead atoms. The predicted octanol–water partition coefficient (Wildman–Crippen LogP) is 2.13. The molecule has 1 atom stereocenters. The van der Waals surface area contributed by atoms with Crippen molar-refractivity contribution >= 4 is 23.3 Å². The number of nitrogens with zero attached hydrogens (tertiary/aromatic N) is 1. The van der Waals surface area contributed by atoms with Gasteiger partial charge in [-0.2, -0.15) is 0 Å². The average molecular weight is 324 g/mol. The Morgan fingerprint density at radius 1 is 1.36 bits per heavy atom. The quantitative estimate of drug-likeness (QED) is 0.795. The van der Waals surface area contributed by atoms with Gasteiger partial charge in [0.2, 0.25) is 0 Å². The van der Waals surface area contributed by atoms with Crippen LogP contribution < -0.4 is 15.5 Å². The monoisotopic (exact) mass is 323 g/mol. The zero-order chi connectivity index (χ0) is 15.6. The SMILES string of the molecule is O=C(NCC1(O)CCC1)NC1CCN(c2ccc(Cl)cc2)C1. The van der Waals surface area contributed by atoms with E-state index in [0.717, 1.165) is 49.5 Å². The predicted molar refractivity (Wildman–Crippen MR) is 87.4 cm³/mol. The number of hydrogen-bond acceptors (Lipinski definition) is 3. The summed E-state index contributed by atoms with van der Waals surface area (Å²) in [4.78, 5) is 14.1. The van der Waals surface area contributed by atoms with Crippen LogP contribution in [0.3, 0.4) is 0 Å². The number of hydrogen-bond donors (Lipinski definition) is 3. The van der Waals surface area contributed by atoms with E-state index in [1.54, 1.807) is 0 Å². The Morgan fingerprint density at radius 2 is 2.09 bits per heavy atom. The third kappa shape index (κ3) is 3.65. The van der Waals surface area contributed by atoms with Crippen LogP contribution in [0.25, 0.3) is 0 Å². The Labute approximate surface area is 135 Å². The summed E-state index contributed by atoms with van der Waals surface area (Å²) in [5.41, 5.74) is 0.445. The first-order valence-electron chi connectivity index (χ1n) is 7.81. The molecule has 1 aliphatic carbocycles. The molecule has 1 unspecified atom stereocenters. The number of rotatable bonds is 4. The summed E-state index contributed by atoms with van der Waals surface area (Å²) in [7, 11) is 0. The van der Waals surface area contributed by atoms with Crippen LogP contribution in [-0.2, 0) is 0 Å². The number of anilines is 1. The van der Waals surface area contributed by atoms with E-state index in [0.29, 0.717) is 6.54 Å². The summed E-state index contributed by atoms with van der Waals surface area (Å²) in [5, 5.41) is 16.5. The molecule has 1 heterocycles. The van der Waals surface area contributed by atoms with E-state index in [-0.39, 0.29) is 12.1 Å². The number of amides is 2. The van der Waals surface area contributed by atoms with Crippen LogP contribution in [0.1, 0.15) is 25.7 Å². The highest BCUT2D eigenvalue weighted by atomic mass is 35.5. The molecule has 22 heavy (non-hydrogen) atoms. The maximum absolute atomic E-state index is 11.9. The molecule has 1 saturated carbocycles. The first-order valence-corrected chi connectivity index (χ1v) is 8.19. The van der Waals surface area contributed by atoms with E-state index in [1.807, 2.05) is 24.3 Å². The largest absolute Gasteiger partial charge is 0.388 e. The van der Waals surface area contributed by atoms with Gasteiger partial charge in [0.15, 0.2) is 0 Å². The molecule has 2 aliphatic rings. The summed E-state index contributed by atoms with van der Waals surface area (Å²) in [6, 6.07) is 7.69. The number of nitrogens with one attached hydrogen (secondary N) is 2. The highest BCUT2D eigenvalue weighted by molar-refractivity contribution is 6.30. The van der Waals surface area contributed by atoms with Gasteiger partial charge in [-0.1, -0.05) is 11.6 Å². The Kier molecular flexibility index (Phi) is 4.45. The number of halogens is 1. The molecule has 1 aromatic carbocycles. The molecule has 3 rings (SSSR count). The molecule has 0 spiro atoms. The van der Waals surface area contributed by atoms with Crippen LogP contribution in [0.5, 0.6) is 0 Å². The lowest BCUT2D eigenvalue weighted by atomic mass is 9.80. The minimum Gasteiger partial charge on any atom is -0.388 e. The highest BCUT2D eigenvalue weighted by Gasteiger charge is 2.34. The minimum atomic E-state index is -0.678. The van der Waals surface area contributed by atoms with Gasteiger partial charge in [-0.15, -0.1) is 0 Å². The first kappa shape index (κ1) is 15.4. The van der Waals surface area contributed by atoms with Gasteiger partial charge >= 0.3 is 6.03 Å². The van der Waals surface area contributed by atoms with Crippen molar-refractivity contribution in [1.29, 1.82) is 0 Å². The van der Waals surface area contributed by atoms with E-state index in [1.165, 1.54) is 0 Å². The number of carbonyl (C=O) groups is 1. The molecule has 2 fully saturated rings. The van der Waals surface area contributed by atoms with Gasteiger partial charge in [0, 0.05) is 36.4 Å². The van der Waals surface area contributed by atoms with Gasteiger partial charge in [0.05, 0.1) is 5.60 Å². The lowest BCUT2D eigenvalue weighted by Gasteiger charge is -2.36. The summed E-state index contributed by atoms with van der Waals surface area (Å²) >= 11 is 5.90. The van der Waals surface area contributed by atoms with Gasteiger partial charge in [-0.05, 0) is 49.9 Å². The third-order valence-electron chi connectivity index (χ3n) is 4.58.